The second-order valence-corrected chi connectivity index (χ2v) is 8.46. The Bertz CT molecular complexity index is 799. The van der Waals surface area contributed by atoms with Gasteiger partial charge in [0.25, 0.3) is 5.91 Å². The Hall–Kier alpha value is -1.66. The lowest BCUT2D eigenvalue weighted by Crippen LogP contribution is -2.20. The molecule has 4 nitrogen and oxygen atoms in total. The molecule has 1 aromatic heterocycles. The molecule has 0 aliphatic heterocycles. The van der Waals surface area contributed by atoms with Crippen LogP contribution in [0, 0.1) is 5.92 Å². The summed E-state index contributed by atoms with van der Waals surface area (Å²) >= 11 is 4.89. The van der Waals surface area contributed by atoms with Crippen LogP contribution < -0.4 is 11.1 Å². The lowest BCUT2D eigenvalue weighted by atomic mass is 9.85. The highest BCUT2D eigenvalue weighted by atomic mass is 79.9. The summed E-state index contributed by atoms with van der Waals surface area (Å²) in [5.74, 6) is 0.0695. The van der Waals surface area contributed by atoms with Crippen molar-refractivity contribution in [2.75, 3.05) is 5.32 Å². The van der Waals surface area contributed by atoms with E-state index in [1.54, 1.807) is 0 Å². The lowest BCUT2D eigenvalue weighted by Gasteiger charge is -2.20. The number of nitrogens with two attached hydrogens (primary N) is 1. The number of halogens is 1. The van der Waals surface area contributed by atoms with Crippen molar-refractivity contribution < 1.29 is 9.59 Å². The summed E-state index contributed by atoms with van der Waals surface area (Å²) in [6, 6.07) is 7.63. The highest BCUT2D eigenvalue weighted by Crippen LogP contribution is 2.40. The molecule has 2 aromatic rings. The molecule has 1 atom stereocenters. The van der Waals surface area contributed by atoms with Crippen LogP contribution in [0.1, 0.15) is 46.1 Å². The summed E-state index contributed by atoms with van der Waals surface area (Å²) in [6.45, 7) is 2.19. The van der Waals surface area contributed by atoms with Crippen LogP contribution in [0.15, 0.2) is 28.7 Å². The first-order valence-electron chi connectivity index (χ1n) is 8.46. The SMILES string of the molecule is CCC1CCc2c(sc(NC(=O)Cc3ccc(Br)cc3)c2C(N)=O)C1. The zero-order valence-corrected chi connectivity index (χ0v) is 16.5. The minimum Gasteiger partial charge on any atom is -0.365 e. The monoisotopic (exact) mass is 420 g/mol. The van der Waals surface area contributed by atoms with Crippen LogP contribution in [0.25, 0.3) is 0 Å². The van der Waals surface area contributed by atoms with Crippen molar-refractivity contribution in [3.8, 4) is 0 Å². The molecule has 132 valence electrons. The smallest absolute Gasteiger partial charge is 0.251 e. The number of anilines is 1. The molecule has 0 bridgehead atoms. The van der Waals surface area contributed by atoms with E-state index < -0.39 is 5.91 Å². The second kappa shape index (κ2) is 7.70. The van der Waals surface area contributed by atoms with E-state index in [-0.39, 0.29) is 12.3 Å². The van der Waals surface area contributed by atoms with Crippen molar-refractivity contribution in [2.24, 2.45) is 11.7 Å². The fraction of sp³-hybridized carbons (Fsp3) is 0.368. The number of benzene rings is 1. The van der Waals surface area contributed by atoms with Gasteiger partial charge in [-0.3, -0.25) is 9.59 Å². The van der Waals surface area contributed by atoms with E-state index in [2.05, 4.69) is 28.2 Å². The fourth-order valence-corrected chi connectivity index (χ4v) is 4.96. The van der Waals surface area contributed by atoms with Gasteiger partial charge in [-0.1, -0.05) is 41.4 Å². The molecule has 3 N–H and O–H groups in total. The van der Waals surface area contributed by atoms with E-state index in [1.165, 1.54) is 16.2 Å². The van der Waals surface area contributed by atoms with Crippen molar-refractivity contribution in [3.05, 3.63) is 50.3 Å². The highest BCUT2D eigenvalue weighted by molar-refractivity contribution is 9.10. The van der Waals surface area contributed by atoms with Crippen molar-refractivity contribution in [1.82, 2.24) is 0 Å². The average molecular weight is 421 g/mol. The van der Waals surface area contributed by atoms with E-state index in [1.807, 2.05) is 24.3 Å². The van der Waals surface area contributed by atoms with Crippen LogP contribution in [-0.4, -0.2) is 11.8 Å². The highest BCUT2D eigenvalue weighted by Gasteiger charge is 2.28. The number of hydrogen-bond donors (Lipinski definition) is 2. The van der Waals surface area contributed by atoms with Crippen LogP contribution in [0.5, 0.6) is 0 Å². The number of thiophene rings is 1. The van der Waals surface area contributed by atoms with Gasteiger partial charge in [-0.25, -0.2) is 0 Å². The van der Waals surface area contributed by atoms with Crippen LogP contribution in [-0.2, 0) is 24.1 Å². The van der Waals surface area contributed by atoms with E-state index >= 15 is 0 Å². The number of hydrogen-bond acceptors (Lipinski definition) is 3. The molecule has 2 amide bonds. The predicted molar refractivity (Wildman–Crippen MR) is 105 cm³/mol. The second-order valence-electron chi connectivity index (χ2n) is 6.44. The molecule has 25 heavy (non-hydrogen) atoms. The maximum Gasteiger partial charge on any atom is 0.251 e. The lowest BCUT2D eigenvalue weighted by molar-refractivity contribution is -0.115. The van der Waals surface area contributed by atoms with Crippen molar-refractivity contribution in [3.63, 3.8) is 0 Å². The molecule has 1 aliphatic carbocycles. The molecule has 0 radical (unpaired) electrons. The molecule has 0 saturated carbocycles. The molecule has 1 aromatic carbocycles. The van der Waals surface area contributed by atoms with Crippen molar-refractivity contribution in [2.45, 2.75) is 39.0 Å². The number of carbonyl (C=O) groups excluding carboxylic acids is 2. The maximum absolute atomic E-state index is 12.4. The minimum absolute atomic E-state index is 0.129. The number of nitrogens with one attached hydrogen (secondary N) is 1. The Morgan fingerprint density at radius 3 is 2.68 bits per heavy atom. The number of rotatable bonds is 5. The Morgan fingerprint density at radius 2 is 2.04 bits per heavy atom. The third kappa shape index (κ3) is 4.12. The topological polar surface area (TPSA) is 72.2 Å². The van der Waals surface area contributed by atoms with Gasteiger partial charge in [-0.15, -0.1) is 11.3 Å². The van der Waals surface area contributed by atoms with Gasteiger partial charge in [-0.05, 0) is 48.4 Å². The van der Waals surface area contributed by atoms with E-state index in [0.717, 1.165) is 41.3 Å². The van der Waals surface area contributed by atoms with Gasteiger partial charge in [-0.2, -0.15) is 0 Å². The molecular formula is C19H21BrN2O2S. The fourth-order valence-electron chi connectivity index (χ4n) is 3.31. The summed E-state index contributed by atoms with van der Waals surface area (Å²) in [5, 5.41) is 3.52. The van der Waals surface area contributed by atoms with Crippen LogP contribution >= 0.6 is 27.3 Å². The van der Waals surface area contributed by atoms with E-state index in [4.69, 9.17) is 5.73 Å². The van der Waals surface area contributed by atoms with E-state index in [9.17, 15) is 9.59 Å². The van der Waals surface area contributed by atoms with Crippen molar-refractivity contribution in [1.29, 1.82) is 0 Å². The first kappa shape index (κ1) is 18.1. The average Bonchev–Trinajstić information content (AvgIpc) is 2.93. The number of carbonyl (C=O) groups is 2. The first-order chi connectivity index (χ1) is 12.0. The summed E-state index contributed by atoms with van der Waals surface area (Å²) in [4.78, 5) is 25.6. The molecule has 1 aliphatic rings. The standard InChI is InChI=1S/C19H21BrN2O2S/c1-2-11-5-8-14-15(9-11)25-19(17(14)18(21)24)22-16(23)10-12-3-6-13(20)7-4-12/h3-4,6-7,11H,2,5,8-10H2,1H3,(H2,21,24)(H,22,23). The van der Waals surface area contributed by atoms with Gasteiger partial charge in [0.15, 0.2) is 0 Å². The largest absolute Gasteiger partial charge is 0.365 e. The molecule has 3 rings (SSSR count). The zero-order chi connectivity index (χ0) is 18.0. The summed E-state index contributed by atoms with van der Waals surface area (Å²) < 4.78 is 0.976. The molecule has 0 fully saturated rings. The molecule has 1 heterocycles. The zero-order valence-electron chi connectivity index (χ0n) is 14.1. The quantitative estimate of drug-likeness (QED) is 0.756. The number of primary amides is 1. The normalized spacial score (nSPS) is 16.3. The van der Waals surface area contributed by atoms with Crippen LogP contribution in [0.4, 0.5) is 5.00 Å². The van der Waals surface area contributed by atoms with Crippen LogP contribution in [0.3, 0.4) is 0 Å². The summed E-state index contributed by atoms with van der Waals surface area (Å²) in [7, 11) is 0. The van der Waals surface area contributed by atoms with Gasteiger partial charge < -0.3 is 11.1 Å². The van der Waals surface area contributed by atoms with Gasteiger partial charge in [0.05, 0.1) is 12.0 Å². The number of fused-ring (bicyclic) bond motifs is 1. The molecular weight excluding hydrogens is 400 g/mol. The molecule has 0 saturated heterocycles. The van der Waals surface area contributed by atoms with Gasteiger partial charge in [0, 0.05) is 9.35 Å². The number of amides is 2. The minimum atomic E-state index is -0.452. The third-order valence-corrected chi connectivity index (χ3v) is 6.42. The maximum atomic E-state index is 12.4. The molecule has 1 unspecified atom stereocenters. The van der Waals surface area contributed by atoms with Crippen LogP contribution in [0.2, 0.25) is 0 Å². The predicted octanol–water partition coefficient (Wildman–Crippen LogP) is 4.31. The summed E-state index contributed by atoms with van der Waals surface area (Å²) in [6.07, 6.45) is 4.32. The summed E-state index contributed by atoms with van der Waals surface area (Å²) in [5.41, 5.74) is 8.09. The third-order valence-electron chi connectivity index (χ3n) is 4.72. The van der Waals surface area contributed by atoms with Gasteiger partial charge in [0.1, 0.15) is 5.00 Å². The Morgan fingerprint density at radius 1 is 1.32 bits per heavy atom. The Labute approximate surface area is 159 Å². The van der Waals surface area contributed by atoms with Crippen molar-refractivity contribution >= 4 is 44.1 Å². The Balaban J connectivity index is 1.79. The first-order valence-corrected chi connectivity index (χ1v) is 10.1. The van der Waals surface area contributed by atoms with Gasteiger partial charge >= 0.3 is 0 Å². The molecule has 0 spiro atoms. The Kier molecular flexibility index (Phi) is 5.59. The molecule has 6 heteroatoms. The van der Waals surface area contributed by atoms with Gasteiger partial charge in [0.2, 0.25) is 5.91 Å². The van der Waals surface area contributed by atoms with E-state index in [0.29, 0.717) is 16.5 Å².